The first-order valence-corrected chi connectivity index (χ1v) is 5.01. The molecule has 0 aliphatic rings. The Balaban J connectivity index is 2.23. The second-order valence-corrected chi connectivity index (χ2v) is 3.87. The van der Waals surface area contributed by atoms with Crippen LogP contribution in [0.2, 0.25) is 5.02 Å². The Hall–Kier alpha value is -1.21. The molecule has 0 aliphatic heterocycles. The number of aryl methyl sites for hydroxylation is 1. The summed E-state index contributed by atoms with van der Waals surface area (Å²) in [6.45, 7) is 2.08. The Morgan fingerprint density at radius 2 is 2.14 bits per heavy atom. The van der Waals surface area contributed by atoms with Gasteiger partial charge in [-0.05, 0) is 42.7 Å². The molecule has 1 N–H and O–H groups in total. The van der Waals surface area contributed by atoms with Gasteiger partial charge in [-0.25, -0.2) is 0 Å². The maximum Gasteiger partial charge on any atom is 0.0408 e. The first kappa shape index (κ1) is 9.35. The van der Waals surface area contributed by atoms with E-state index in [0.29, 0.717) is 0 Å². The van der Waals surface area contributed by atoms with E-state index in [9.17, 15) is 0 Å². The summed E-state index contributed by atoms with van der Waals surface area (Å²) in [6.07, 6.45) is 2.91. The zero-order chi connectivity index (χ0) is 9.97. The third-order valence-corrected chi connectivity index (χ3v) is 2.58. The summed E-state index contributed by atoms with van der Waals surface area (Å²) >= 11 is 5.92. The zero-order valence-electron chi connectivity index (χ0n) is 8.05. The number of H-pyrrole nitrogens is 1. The van der Waals surface area contributed by atoms with Crippen molar-refractivity contribution < 1.29 is 0 Å². The van der Waals surface area contributed by atoms with Gasteiger partial charge >= 0.3 is 0 Å². The van der Waals surface area contributed by atoms with E-state index in [1.54, 1.807) is 0 Å². The lowest BCUT2D eigenvalue weighted by molar-refractivity contribution is 1.14. The molecule has 2 rings (SSSR count). The SMILES string of the molecule is Cc1[nH]ccc1Cc1cccc(Cl)c1. The van der Waals surface area contributed by atoms with Crippen LogP contribution in [-0.4, -0.2) is 4.98 Å². The molecule has 0 fully saturated rings. The molecule has 0 bridgehead atoms. The van der Waals surface area contributed by atoms with Crippen LogP contribution in [0.1, 0.15) is 16.8 Å². The molecule has 0 spiro atoms. The predicted molar refractivity (Wildman–Crippen MR) is 59.8 cm³/mol. The van der Waals surface area contributed by atoms with Crippen LogP contribution in [0.3, 0.4) is 0 Å². The van der Waals surface area contributed by atoms with Gasteiger partial charge in [0.2, 0.25) is 0 Å². The van der Waals surface area contributed by atoms with Crippen molar-refractivity contribution in [2.45, 2.75) is 13.3 Å². The van der Waals surface area contributed by atoms with Crippen molar-refractivity contribution in [1.82, 2.24) is 4.98 Å². The highest BCUT2D eigenvalue weighted by atomic mass is 35.5. The van der Waals surface area contributed by atoms with Crippen LogP contribution in [0.4, 0.5) is 0 Å². The van der Waals surface area contributed by atoms with Crippen LogP contribution in [0, 0.1) is 6.92 Å². The molecular formula is C12H12ClN. The Bertz CT molecular complexity index is 431. The fraction of sp³-hybridized carbons (Fsp3) is 0.167. The molecule has 0 saturated carbocycles. The molecule has 0 aliphatic carbocycles. The van der Waals surface area contributed by atoms with E-state index in [2.05, 4.69) is 24.0 Å². The van der Waals surface area contributed by atoms with Crippen LogP contribution in [0.5, 0.6) is 0 Å². The minimum atomic E-state index is 0.802. The molecule has 0 saturated heterocycles. The molecule has 1 aromatic carbocycles. The van der Waals surface area contributed by atoms with Crippen LogP contribution < -0.4 is 0 Å². The number of halogens is 1. The molecule has 0 atom stereocenters. The van der Waals surface area contributed by atoms with Crippen molar-refractivity contribution >= 4 is 11.6 Å². The lowest BCUT2D eigenvalue weighted by Crippen LogP contribution is -1.88. The van der Waals surface area contributed by atoms with Crippen molar-refractivity contribution in [3.8, 4) is 0 Å². The summed E-state index contributed by atoms with van der Waals surface area (Å²) in [7, 11) is 0. The van der Waals surface area contributed by atoms with Gasteiger partial charge in [0.05, 0.1) is 0 Å². The van der Waals surface area contributed by atoms with Gasteiger partial charge in [0.15, 0.2) is 0 Å². The topological polar surface area (TPSA) is 15.8 Å². The monoisotopic (exact) mass is 205 g/mol. The van der Waals surface area contributed by atoms with Crippen LogP contribution in [-0.2, 0) is 6.42 Å². The molecule has 2 heteroatoms. The average molecular weight is 206 g/mol. The summed E-state index contributed by atoms with van der Waals surface area (Å²) in [5, 5.41) is 0.802. The van der Waals surface area contributed by atoms with Crippen molar-refractivity contribution in [2.75, 3.05) is 0 Å². The number of benzene rings is 1. The van der Waals surface area contributed by atoms with Crippen LogP contribution in [0.25, 0.3) is 0 Å². The van der Waals surface area contributed by atoms with Gasteiger partial charge in [-0.3, -0.25) is 0 Å². The number of hydrogen-bond acceptors (Lipinski definition) is 0. The van der Waals surface area contributed by atoms with Gasteiger partial charge in [0, 0.05) is 16.9 Å². The van der Waals surface area contributed by atoms with Gasteiger partial charge in [-0.1, -0.05) is 23.7 Å². The Morgan fingerprint density at radius 1 is 1.29 bits per heavy atom. The second kappa shape index (κ2) is 3.89. The number of aromatic amines is 1. The molecule has 14 heavy (non-hydrogen) atoms. The van der Waals surface area contributed by atoms with Gasteiger partial charge in [-0.15, -0.1) is 0 Å². The highest BCUT2D eigenvalue weighted by Crippen LogP contribution is 2.16. The number of nitrogens with one attached hydrogen (secondary N) is 1. The van der Waals surface area contributed by atoms with Crippen LogP contribution in [0.15, 0.2) is 36.5 Å². The van der Waals surface area contributed by atoms with Gasteiger partial charge < -0.3 is 4.98 Å². The van der Waals surface area contributed by atoms with E-state index >= 15 is 0 Å². The maximum absolute atomic E-state index is 5.92. The normalized spacial score (nSPS) is 10.4. The molecule has 0 unspecified atom stereocenters. The van der Waals surface area contributed by atoms with Gasteiger partial charge in [0.1, 0.15) is 0 Å². The Labute approximate surface area is 88.7 Å². The van der Waals surface area contributed by atoms with E-state index in [1.807, 2.05) is 24.4 Å². The first-order chi connectivity index (χ1) is 6.75. The summed E-state index contributed by atoms with van der Waals surface area (Å²) < 4.78 is 0. The molecule has 1 nitrogen and oxygen atoms in total. The maximum atomic E-state index is 5.92. The summed E-state index contributed by atoms with van der Waals surface area (Å²) in [5.41, 5.74) is 3.80. The number of rotatable bonds is 2. The van der Waals surface area contributed by atoms with Gasteiger partial charge in [-0.2, -0.15) is 0 Å². The van der Waals surface area contributed by atoms with Gasteiger partial charge in [0.25, 0.3) is 0 Å². The van der Waals surface area contributed by atoms with Crippen molar-refractivity contribution in [1.29, 1.82) is 0 Å². The highest BCUT2D eigenvalue weighted by Gasteiger charge is 2.00. The number of aromatic nitrogens is 1. The minimum Gasteiger partial charge on any atom is -0.365 e. The summed E-state index contributed by atoms with van der Waals surface area (Å²) in [6, 6.07) is 10.1. The van der Waals surface area contributed by atoms with Crippen molar-refractivity contribution in [3.63, 3.8) is 0 Å². The summed E-state index contributed by atoms with van der Waals surface area (Å²) in [5.74, 6) is 0. The molecule has 0 amide bonds. The molecular weight excluding hydrogens is 194 g/mol. The highest BCUT2D eigenvalue weighted by molar-refractivity contribution is 6.30. The Morgan fingerprint density at radius 3 is 2.79 bits per heavy atom. The summed E-state index contributed by atoms with van der Waals surface area (Å²) in [4.78, 5) is 3.17. The predicted octanol–water partition coefficient (Wildman–Crippen LogP) is 3.57. The van der Waals surface area contributed by atoms with Crippen LogP contribution >= 0.6 is 11.6 Å². The fourth-order valence-electron chi connectivity index (χ4n) is 1.54. The second-order valence-electron chi connectivity index (χ2n) is 3.43. The number of hydrogen-bond donors (Lipinski definition) is 1. The quantitative estimate of drug-likeness (QED) is 0.772. The molecule has 1 aromatic heterocycles. The van der Waals surface area contributed by atoms with E-state index in [-0.39, 0.29) is 0 Å². The minimum absolute atomic E-state index is 0.802. The van der Waals surface area contributed by atoms with E-state index < -0.39 is 0 Å². The lowest BCUT2D eigenvalue weighted by atomic mass is 10.1. The molecule has 0 radical (unpaired) electrons. The Kier molecular flexibility index (Phi) is 2.60. The molecule has 1 heterocycles. The fourth-order valence-corrected chi connectivity index (χ4v) is 1.76. The van der Waals surface area contributed by atoms with E-state index in [1.165, 1.54) is 16.8 Å². The lowest BCUT2D eigenvalue weighted by Gasteiger charge is -2.01. The standard InChI is InChI=1S/C12H12ClN/c1-9-11(5-6-14-9)7-10-3-2-4-12(13)8-10/h2-6,8,14H,7H2,1H3. The van der Waals surface area contributed by atoms with Crippen molar-refractivity contribution in [2.24, 2.45) is 0 Å². The molecule has 2 aromatic rings. The third-order valence-electron chi connectivity index (χ3n) is 2.35. The van der Waals surface area contributed by atoms with Crippen molar-refractivity contribution in [3.05, 3.63) is 58.4 Å². The van der Waals surface area contributed by atoms with E-state index in [0.717, 1.165) is 11.4 Å². The third kappa shape index (κ3) is 1.99. The first-order valence-electron chi connectivity index (χ1n) is 4.63. The average Bonchev–Trinajstić information content (AvgIpc) is 2.52. The van der Waals surface area contributed by atoms with E-state index in [4.69, 9.17) is 11.6 Å². The smallest absolute Gasteiger partial charge is 0.0408 e. The largest absolute Gasteiger partial charge is 0.365 e. The molecule has 72 valence electrons. The zero-order valence-corrected chi connectivity index (χ0v) is 8.81.